The number of carbonyl (C=O) groups excluding carboxylic acids is 1. The van der Waals surface area contributed by atoms with Crippen LogP contribution in [0, 0.1) is 18.8 Å². The largest absolute Gasteiger partial charge is 0.466 e. The molecule has 6 heteroatoms. The molecular weight excluding hydrogens is 398 g/mol. The van der Waals surface area contributed by atoms with Crippen LogP contribution in [0.5, 0.6) is 0 Å². The molecular formula is C24H25NO4S. The summed E-state index contributed by atoms with van der Waals surface area (Å²) in [6.07, 6.45) is 3.48. The van der Waals surface area contributed by atoms with Crippen LogP contribution in [0.25, 0.3) is 0 Å². The summed E-state index contributed by atoms with van der Waals surface area (Å²) in [5, 5.41) is 0. The first-order valence-corrected chi connectivity index (χ1v) is 10.8. The summed E-state index contributed by atoms with van der Waals surface area (Å²) in [7, 11) is -2.56. The van der Waals surface area contributed by atoms with Crippen molar-refractivity contribution in [2.24, 2.45) is 0 Å². The van der Waals surface area contributed by atoms with Gasteiger partial charge in [-0.25, -0.2) is 13.2 Å². The van der Waals surface area contributed by atoms with Crippen LogP contribution >= 0.6 is 0 Å². The molecule has 2 rings (SSSR count). The molecule has 5 nitrogen and oxygen atoms in total. The van der Waals surface area contributed by atoms with Crippen LogP contribution in [0.1, 0.15) is 17.5 Å². The topological polar surface area (TPSA) is 63.7 Å². The van der Waals surface area contributed by atoms with Crippen molar-refractivity contribution < 1.29 is 17.9 Å². The number of nitrogens with zero attached hydrogens (tertiary/aromatic N) is 1. The molecule has 0 aliphatic carbocycles. The standard InChI is InChI=1S/C24H25NO4S/c1-4-5-18-25(30(27,28)23-16-14-20(2)15-17-23)19-22(24(26)29-3)13-9-12-21-10-7-6-8-11-21/h4,6-8,10-11,13-17H,1,5,18-19H2,2-3H3/b22-13+. The van der Waals surface area contributed by atoms with E-state index in [-0.39, 0.29) is 23.6 Å². The van der Waals surface area contributed by atoms with Crippen molar-refractivity contribution in [3.8, 4) is 11.8 Å². The molecule has 0 radical (unpaired) electrons. The molecule has 2 aromatic rings. The van der Waals surface area contributed by atoms with E-state index in [0.717, 1.165) is 11.1 Å². The summed E-state index contributed by atoms with van der Waals surface area (Å²) >= 11 is 0. The fraction of sp³-hybridized carbons (Fsp3) is 0.208. The zero-order chi connectivity index (χ0) is 22.0. The van der Waals surface area contributed by atoms with E-state index in [0.29, 0.717) is 6.42 Å². The van der Waals surface area contributed by atoms with E-state index in [2.05, 4.69) is 18.4 Å². The van der Waals surface area contributed by atoms with E-state index in [1.165, 1.54) is 17.5 Å². The highest BCUT2D eigenvalue weighted by Gasteiger charge is 2.26. The van der Waals surface area contributed by atoms with Crippen LogP contribution < -0.4 is 0 Å². The van der Waals surface area contributed by atoms with Gasteiger partial charge in [0.1, 0.15) is 0 Å². The summed E-state index contributed by atoms with van der Waals surface area (Å²) in [6, 6.07) is 15.9. The number of hydrogen-bond donors (Lipinski definition) is 0. The van der Waals surface area contributed by atoms with Gasteiger partial charge in [0.15, 0.2) is 0 Å². The number of allylic oxidation sites excluding steroid dienone is 1. The molecule has 0 atom stereocenters. The Kier molecular flexibility index (Phi) is 8.60. The van der Waals surface area contributed by atoms with Crippen LogP contribution in [0.3, 0.4) is 0 Å². The first-order chi connectivity index (χ1) is 14.4. The van der Waals surface area contributed by atoms with Crippen molar-refractivity contribution in [3.05, 3.63) is 90.0 Å². The highest BCUT2D eigenvalue weighted by molar-refractivity contribution is 7.89. The number of carbonyl (C=O) groups is 1. The Hall–Kier alpha value is -3.14. The van der Waals surface area contributed by atoms with Crippen molar-refractivity contribution >= 4 is 16.0 Å². The first-order valence-electron chi connectivity index (χ1n) is 9.40. The van der Waals surface area contributed by atoms with Gasteiger partial charge in [0.05, 0.1) is 17.6 Å². The van der Waals surface area contributed by atoms with Gasteiger partial charge < -0.3 is 4.74 Å². The normalized spacial score (nSPS) is 11.5. The highest BCUT2D eigenvalue weighted by Crippen LogP contribution is 2.19. The number of hydrogen-bond acceptors (Lipinski definition) is 4. The summed E-state index contributed by atoms with van der Waals surface area (Å²) in [4.78, 5) is 12.4. The van der Waals surface area contributed by atoms with Crippen molar-refractivity contribution in [2.75, 3.05) is 20.2 Å². The molecule has 0 heterocycles. The number of methoxy groups -OCH3 is 1. The van der Waals surface area contributed by atoms with Crippen molar-refractivity contribution in [3.63, 3.8) is 0 Å². The van der Waals surface area contributed by atoms with Gasteiger partial charge in [-0.15, -0.1) is 6.58 Å². The number of ether oxygens (including phenoxy) is 1. The molecule has 2 aromatic carbocycles. The van der Waals surface area contributed by atoms with E-state index < -0.39 is 16.0 Å². The Balaban J connectivity index is 2.37. The Labute approximate surface area is 178 Å². The number of esters is 1. The molecule has 0 aromatic heterocycles. The second-order valence-corrected chi connectivity index (χ2v) is 8.46. The second kappa shape index (κ2) is 11.1. The molecule has 30 heavy (non-hydrogen) atoms. The monoisotopic (exact) mass is 423 g/mol. The van der Waals surface area contributed by atoms with Crippen molar-refractivity contribution in [1.29, 1.82) is 0 Å². The molecule has 0 N–H and O–H groups in total. The zero-order valence-electron chi connectivity index (χ0n) is 17.2. The van der Waals surface area contributed by atoms with E-state index in [1.54, 1.807) is 30.3 Å². The molecule has 0 saturated carbocycles. The highest BCUT2D eigenvalue weighted by atomic mass is 32.2. The number of aryl methyl sites for hydroxylation is 1. The van der Waals surface area contributed by atoms with E-state index in [9.17, 15) is 13.2 Å². The lowest BCUT2D eigenvalue weighted by molar-refractivity contribution is -0.136. The Morgan fingerprint density at radius 1 is 1.13 bits per heavy atom. The summed E-state index contributed by atoms with van der Waals surface area (Å²) in [6.45, 7) is 5.58. The van der Waals surface area contributed by atoms with Gasteiger partial charge in [-0.2, -0.15) is 4.31 Å². The van der Waals surface area contributed by atoms with Crippen LogP contribution in [0.2, 0.25) is 0 Å². The lowest BCUT2D eigenvalue weighted by atomic mass is 10.2. The van der Waals surface area contributed by atoms with Gasteiger partial charge in [0.2, 0.25) is 10.0 Å². The summed E-state index contributed by atoms with van der Waals surface area (Å²) in [5.74, 6) is 5.13. The maximum atomic E-state index is 13.2. The molecule has 0 aliphatic rings. The first kappa shape index (κ1) is 23.1. The summed E-state index contributed by atoms with van der Waals surface area (Å²) < 4.78 is 32.4. The SMILES string of the molecule is C=CCCN(C/C(=C\C#Cc1ccccc1)C(=O)OC)S(=O)(=O)c1ccc(C)cc1. The molecule has 0 fully saturated rings. The average molecular weight is 424 g/mol. The third-order valence-electron chi connectivity index (χ3n) is 4.27. The van der Waals surface area contributed by atoms with Gasteiger partial charge >= 0.3 is 5.97 Å². The molecule has 0 unspecified atom stereocenters. The Morgan fingerprint density at radius 2 is 1.80 bits per heavy atom. The van der Waals surface area contributed by atoms with Gasteiger partial charge in [-0.05, 0) is 37.6 Å². The van der Waals surface area contributed by atoms with E-state index in [4.69, 9.17) is 4.74 Å². The molecule has 0 bridgehead atoms. The minimum atomic E-state index is -3.82. The van der Waals surface area contributed by atoms with Gasteiger partial charge in [0.25, 0.3) is 0 Å². The molecule has 156 valence electrons. The molecule has 0 spiro atoms. The maximum Gasteiger partial charge on any atom is 0.335 e. The predicted octanol–water partition coefficient (Wildman–Crippen LogP) is 3.71. The van der Waals surface area contributed by atoms with E-state index in [1.807, 2.05) is 37.3 Å². The van der Waals surface area contributed by atoms with Gasteiger partial charge in [0, 0.05) is 24.7 Å². The fourth-order valence-corrected chi connectivity index (χ4v) is 4.03. The fourth-order valence-electron chi connectivity index (χ4n) is 2.60. The smallest absolute Gasteiger partial charge is 0.335 e. The molecule has 0 aliphatic heterocycles. The lowest BCUT2D eigenvalue weighted by Crippen LogP contribution is -2.35. The van der Waals surface area contributed by atoms with Crippen LogP contribution in [0.4, 0.5) is 0 Å². The quantitative estimate of drug-likeness (QED) is 0.281. The zero-order valence-corrected chi connectivity index (χ0v) is 18.0. The number of rotatable bonds is 8. The van der Waals surface area contributed by atoms with Crippen LogP contribution in [-0.2, 0) is 19.6 Å². The van der Waals surface area contributed by atoms with Crippen molar-refractivity contribution in [1.82, 2.24) is 4.31 Å². The van der Waals surface area contributed by atoms with Crippen LogP contribution in [-0.4, -0.2) is 38.9 Å². The lowest BCUT2D eigenvalue weighted by Gasteiger charge is -2.22. The van der Waals surface area contributed by atoms with Crippen LogP contribution in [0.15, 0.2) is 83.8 Å². The van der Waals surface area contributed by atoms with Gasteiger partial charge in [-0.3, -0.25) is 0 Å². The number of benzene rings is 2. The average Bonchev–Trinajstić information content (AvgIpc) is 2.75. The van der Waals surface area contributed by atoms with Gasteiger partial charge in [-0.1, -0.05) is 53.8 Å². The predicted molar refractivity (Wildman–Crippen MR) is 118 cm³/mol. The third-order valence-corrected chi connectivity index (χ3v) is 6.13. The third kappa shape index (κ3) is 6.45. The summed E-state index contributed by atoms with van der Waals surface area (Å²) in [5.41, 5.74) is 1.90. The molecule has 0 saturated heterocycles. The Bertz CT molecular complexity index is 1060. The minimum Gasteiger partial charge on any atom is -0.466 e. The Morgan fingerprint density at radius 3 is 2.40 bits per heavy atom. The van der Waals surface area contributed by atoms with Crippen molar-refractivity contribution in [2.45, 2.75) is 18.2 Å². The minimum absolute atomic E-state index is 0.153. The van der Waals surface area contributed by atoms with E-state index >= 15 is 0 Å². The maximum absolute atomic E-state index is 13.2. The molecule has 0 amide bonds. The number of sulfonamides is 1. The second-order valence-electron chi connectivity index (χ2n) is 6.53.